The standard InChI is InChI=1S/C17H14F2N2O6S/c1-9-7-13(10(2)26-9)15-21-20-14(27-15)8-25-16(22)11-3-5-12(6-4-11)28(23,24)17(18)19/h3-7,17H,8H2,1-2H3. The van der Waals surface area contributed by atoms with Crippen molar-refractivity contribution in [2.75, 3.05) is 0 Å². The average Bonchev–Trinajstić information content (AvgIpc) is 3.25. The molecule has 2 aromatic heterocycles. The number of rotatable bonds is 6. The molecule has 0 saturated heterocycles. The SMILES string of the molecule is Cc1cc(-c2nnc(COC(=O)c3ccc(S(=O)(=O)C(F)F)cc3)o2)c(C)o1. The first-order valence-corrected chi connectivity index (χ1v) is 9.42. The molecular weight excluding hydrogens is 398 g/mol. The summed E-state index contributed by atoms with van der Waals surface area (Å²) in [6.07, 6.45) is 0. The lowest BCUT2D eigenvalue weighted by atomic mass is 10.2. The molecule has 0 amide bonds. The van der Waals surface area contributed by atoms with Gasteiger partial charge in [-0.2, -0.15) is 8.78 Å². The van der Waals surface area contributed by atoms with Gasteiger partial charge in [-0.15, -0.1) is 10.2 Å². The van der Waals surface area contributed by atoms with Crippen LogP contribution in [0, 0.1) is 13.8 Å². The first kappa shape index (κ1) is 19.7. The van der Waals surface area contributed by atoms with Crippen LogP contribution in [-0.4, -0.2) is 30.3 Å². The number of hydrogen-bond donors (Lipinski definition) is 0. The number of halogens is 2. The van der Waals surface area contributed by atoms with Crippen molar-refractivity contribution in [1.82, 2.24) is 10.2 Å². The topological polar surface area (TPSA) is 112 Å². The summed E-state index contributed by atoms with van der Waals surface area (Å²) in [5.41, 5.74) is 0.604. The molecule has 11 heteroatoms. The molecule has 3 aromatic rings. The molecule has 148 valence electrons. The van der Waals surface area contributed by atoms with Gasteiger partial charge in [-0.1, -0.05) is 0 Å². The minimum Gasteiger partial charge on any atom is -0.466 e. The third-order valence-electron chi connectivity index (χ3n) is 3.72. The molecule has 8 nitrogen and oxygen atoms in total. The maximum Gasteiger partial charge on any atom is 0.341 e. The van der Waals surface area contributed by atoms with Crippen LogP contribution in [0.15, 0.2) is 44.1 Å². The quantitative estimate of drug-likeness (QED) is 0.567. The van der Waals surface area contributed by atoms with Crippen LogP contribution in [0.5, 0.6) is 0 Å². The molecule has 0 atom stereocenters. The highest BCUT2D eigenvalue weighted by Crippen LogP contribution is 2.25. The fourth-order valence-electron chi connectivity index (χ4n) is 2.36. The number of nitrogens with zero attached hydrogens (tertiary/aromatic N) is 2. The van der Waals surface area contributed by atoms with Gasteiger partial charge in [-0.3, -0.25) is 0 Å². The van der Waals surface area contributed by atoms with Gasteiger partial charge < -0.3 is 13.6 Å². The van der Waals surface area contributed by atoms with E-state index in [2.05, 4.69) is 10.2 Å². The van der Waals surface area contributed by atoms with Crippen LogP contribution in [0.3, 0.4) is 0 Å². The first-order chi connectivity index (χ1) is 13.2. The third kappa shape index (κ3) is 3.93. The third-order valence-corrected chi connectivity index (χ3v) is 5.12. The number of sulfone groups is 1. The summed E-state index contributed by atoms with van der Waals surface area (Å²) in [7, 11) is -4.73. The summed E-state index contributed by atoms with van der Waals surface area (Å²) in [6.45, 7) is 3.19. The van der Waals surface area contributed by atoms with Crippen molar-refractivity contribution in [3.8, 4) is 11.5 Å². The molecule has 2 heterocycles. The number of carbonyl (C=O) groups excluding carboxylic acids is 1. The molecule has 0 fully saturated rings. The van der Waals surface area contributed by atoms with Gasteiger partial charge in [0.1, 0.15) is 11.5 Å². The highest BCUT2D eigenvalue weighted by Gasteiger charge is 2.26. The Kier molecular flexibility index (Phi) is 5.27. The van der Waals surface area contributed by atoms with Crippen molar-refractivity contribution in [2.24, 2.45) is 0 Å². The van der Waals surface area contributed by atoms with E-state index in [0.29, 0.717) is 17.1 Å². The predicted octanol–water partition coefficient (Wildman–Crippen LogP) is 3.30. The van der Waals surface area contributed by atoms with E-state index in [1.54, 1.807) is 19.9 Å². The second kappa shape index (κ2) is 7.50. The highest BCUT2D eigenvalue weighted by molar-refractivity contribution is 7.91. The average molecular weight is 412 g/mol. The Hall–Kier alpha value is -3.08. The van der Waals surface area contributed by atoms with Crippen molar-refractivity contribution >= 4 is 15.8 Å². The van der Waals surface area contributed by atoms with E-state index >= 15 is 0 Å². The first-order valence-electron chi connectivity index (χ1n) is 7.87. The number of aryl methyl sites for hydroxylation is 2. The van der Waals surface area contributed by atoms with Crippen molar-refractivity contribution in [3.05, 3.63) is 53.3 Å². The van der Waals surface area contributed by atoms with Gasteiger partial charge in [0.15, 0.2) is 6.61 Å². The maximum atomic E-state index is 12.5. The molecule has 0 N–H and O–H groups in total. The molecule has 0 unspecified atom stereocenters. The van der Waals surface area contributed by atoms with Crippen LogP contribution < -0.4 is 0 Å². The number of ether oxygens (including phenoxy) is 1. The van der Waals surface area contributed by atoms with Crippen LogP contribution in [0.4, 0.5) is 8.78 Å². The van der Waals surface area contributed by atoms with E-state index in [1.807, 2.05) is 0 Å². The Bertz CT molecular complexity index is 1100. The second-order valence-electron chi connectivity index (χ2n) is 5.73. The van der Waals surface area contributed by atoms with Gasteiger partial charge in [-0.05, 0) is 44.2 Å². The van der Waals surface area contributed by atoms with E-state index in [0.717, 1.165) is 24.3 Å². The smallest absolute Gasteiger partial charge is 0.341 e. The van der Waals surface area contributed by atoms with E-state index < -0.39 is 26.5 Å². The summed E-state index contributed by atoms with van der Waals surface area (Å²) in [4.78, 5) is 11.4. The van der Waals surface area contributed by atoms with E-state index in [-0.39, 0.29) is 24.0 Å². The van der Waals surface area contributed by atoms with Gasteiger partial charge in [-0.25, -0.2) is 13.2 Å². The second-order valence-corrected chi connectivity index (χ2v) is 7.65. The Balaban J connectivity index is 1.66. The van der Waals surface area contributed by atoms with Crippen LogP contribution in [-0.2, 0) is 21.2 Å². The van der Waals surface area contributed by atoms with Gasteiger partial charge in [0.2, 0.25) is 9.84 Å². The molecule has 0 saturated carbocycles. The number of benzene rings is 1. The number of esters is 1. The zero-order valence-electron chi connectivity index (χ0n) is 14.7. The minimum absolute atomic E-state index is 0.0192. The monoisotopic (exact) mass is 412 g/mol. The maximum absolute atomic E-state index is 12.5. The Morgan fingerprint density at radius 3 is 2.39 bits per heavy atom. The molecule has 28 heavy (non-hydrogen) atoms. The van der Waals surface area contributed by atoms with Gasteiger partial charge >= 0.3 is 11.7 Å². The summed E-state index contributed by atoms with van der Waals surface area (Å²) in [5.74, 6) is -2.82. The number of furan rings is 1. The Morgan fingerprint density at radius 1 is 1.14 bits per heavy atom. The molecular formula is C17H14F2N2O6S. The largest absolute Gasteiger partial charge is 0.466 e. The summed E-state index contributed by atoms with van der Waals surface area (Å²) in [5, 5.41) is 7.64. The molecule has 0 aliphatic rings. The van der Waals surface area contributed by atoms with Crippen molar-refractivity contribution < 1.29 is 35.6 Å². The lowest BCUT2D eigenvalue weighted by Gasteiger charge is -2.05. The van der Waals surface area contributed by atoms with Crippen molar-refractivity contribution in [1.29, 1.82) is 0 Å². The fraction of sp³-hybridized carbons (Fsp3) is 0.235. The molecule has 0 bridgehead atoms. The van der Waals surface area contributed by atoms with Crippen molar-refractivity contribution in [3.63, 3.8) is 0 Å². The molecule has 0 aliphatic heterocycles. The van der Waals surface area contributed by atoms with Gasteiger partial charge in [0, 0.05) is 0 Å². The van der Waals surface area contributed by atoms with Gasteiger partial charge in [0.25, 0.3) is 11.8 Å². The summed E-state index contributed by atoms with van der Waals surface area (Å²) < 4.78 is 63.6. The summed E-state index contributed by atoms with van der Waals surface area (Å²) >= 11 is 0. The molecule has 0 radical (unpaired) electrons. The van der Waals surface area contributed by atoms with E-state index in [4.69, 9.17) is 13.6 Å². The van der Waals surface area contributed by atoms with Crippen LogP contribution in [0.2, 0.25) is 0 Å². The Labute approximate surface area is 158 Å². The highest BCUT2D eigenvalue weighted by atomic mass is 32.2. The number of carbonyl (C=O) groups is 1. The molecule has 0 aliphatic carbocycles. The van der Waals surface area contributed by atoms with E-state index in [9.17, 15) is 22.0 Å². The van der Waals surface area contributed by atoms with Gasteiger partial charge in [0.05, 0.1) is 16.0 Å². The minimum atomic E-state index is -4.73. The van der Waals surface area contributed by atoms with Crippen LogP contribution >= 0.6 is 0 Å². The lowest BCUT2D eigenvalue weighted by Crippen LogP contribution is -2.12. The zero-order valence-corrected chi connectivity index (χ0v) is 15.5. The molecule has 1 aromatic carbocycles. The predicted molar refractivity (Wildman–Crippen MR) is 90.2 cm³/mol. The normalized spacial score (nSPS) is 11.8. The number of hydrogen-bond acceptors (Lipinski definition) is 8. The Morgan fingerprint density at radius 2 is 1.82 bits per heavy atom. The van der Waals surface area contributed by atoms with Crippen LogP contribution in [0.1, 0.15) is 27.8 Å². The number of alkyl halides is 2. The number of aromatic nitrogens is 2. The zero-order chi connectivity index (χ0) is 20.5. The van der Waals surface area contributed by atoms with Crippen molar-refractivity contribution in [2.45, 2.75) is 31.1 Å². The van der Waals surface area contributed by atoms with E-state index in [1.165, 1.54) is 0 Å². The van der Waals surface area contributed by atoms with Crippen LogP contribution in [0.25, 0.3) is 11.5 Å². The lowest BCUT2D eigenvalue weighted by molar-refractivity contribution is 0.0438. The summed E-state index contributed by atoms with van der Waals surface area (Å²) in [6, 6.07) is 5.70. The molecule has 3 rings (SSSR count). The molecule has 0 spiro atoms. The fourth-order valence-corrected chi connectivity index (χ4v) is 3.08.